The van der Waals surface area contributed by atoms with Crippen molar-refractivity contribution in [3.63, 3.8) is 0 Å². The van der Waals surface area contributed by atoms with Gasteiger partial charge in [0.25, 0.3) is 0 Å². The van der Waals surface area contributed by atoms with Crippen LogP contribution in [-0.2, 0) is 6.18 Å². The summed E-state index contributed by atoms with van der Waals surface area (Å²) in [6.07, 6.45) is -3.50. The van der Waals surface area contributed by atoms with E-state index in [0.717, 1.165) is 18.3 Å². The number of hydrogen-bond donors (Lipinski definition) is 1. The van der Waals surface area contributed by atoms with Crippen LogP contribution in [0.4, 0.5) is 18.9 Å². The molecule has 0 radical (unpaired) electrons. The van der Waals surface area contributed by atoms with Crippen LogP contribution in [-0.4, -0.2) is 4.98 Å². The van der Waals surface area contributed by atoms with Crippen LogP contribution in [0.15, 0.2) is 36.5 Å². The van der Waals surface area contributed by atoms with Crippen LogP contribution in [0.2, 0.25) is 0 Å². The van der Waals surface area contributed by atoms with E-state index in [1.54, 1.807) is 0 Å². The molecule has 0 fully saturated rings. The zero-order chi connectivity index (χ0) is 14.8. The van der Waals surface area contributed by atoms with Gasteiger partial charge in [-0.2, -0.15) is 18.4 Å². The second-order valence-corrected chi connectivity index (χ2v) is 3.85. The Morgan fingerprint density at radius 1 is 1.20 bits per heavy atom. The number of alkyl halides is 3. The van der Waals surface area contributed by atoms with E-state index in [1.165, 1.54) is 18.2 Å². The van der Waals surface area contributed by atoms with Gasteiger partial charge in [-0.15, -0.1) is 0 Å². The first-order valence-corrected chi connectivity index (χ1v) is 5.41. The van der Waals surface area contributed by atoms with Gasteiger partial charge in [0, 0.05) is 18.0 Å². The monoisotopic (exact) mass is 279 g/mol. The van der Waals surface area contributed by atoms with Crippen LogP contribution in [0.1, 0.15) is 11.1 Å². The Hall–Kier alpha value is -2.75. The standard InChI is InChI=1S/C13H8F3N3O/c14-13(15,16)9-3-4-19-12(6-9)20-11-2-1-10(18)5-8(11)7-17/h1-6H,18H2. The summed E-state index contributed by atoms with van der Waals surface area (Å²) in [6, 6.07) is 7.68. The zero-order valence-corrected chi connectivity index (χ0v) is 9.98. The summed E-state index contributed by atoms with van der Waals surface area (Å²) < 4.78 is 42.9. The smallest absolute Gasteiger partial charge is 0.416 e. The van der Waals surface area contributed by atoms with Crippen LogP contribution in [0.5, 0.6) is 11.6 Å². The first-order chi connectivity index (χ1) is 9.40. The Bertz CT molecular complexity index is 677. The number of nitriles is 1. The third-order valence-electron chi connectivity index (χ3n) is 2.40. The lowest BCUT2D eigenvalue weighted by Gasteiger charge is -2.10. The van der Waals surface area contributed by atoms with E-state index in [-0.39, 0.29) is 17.2 Å². The number of nitrogens with zero attached hydrogens (tertiary/aromatic N) is 2. The normalized spacial score (nSPS) is 10.9. The van der Waals surface area contributed by atoms with Crippen LogP contribution in [0, 0.1) is 11.3 Å². The van der Waals surface area contributed by atoms with Crippen molar-refractivity contribution >= 4 is 5.69 Å². The lowest BCUT2D eigenvalue weighted by atomic mass is 10.2. The number of ether oxygens (including phenoxy) is 1. The largest absolute Gasteiger partial charge is 0.438 e. The van der Waals surface area contributed by atoms with Crippen molar-refractivity contribution < 1.29 is 17.9 Å². The number of halogens is 3. The number of rotatable bonds is 2. The molecule has 0 spiro atoms. The predicted octanol–water partition coefficient (Wildman–Crippen LogP) is 3.35. The summed E-state index contributed by atoms with van der Waals surface area (Å²) in [5.41, 5.74) is 5.10. The summed E-state index contributed by atoms with van der Waals surface area (Å²) in [5.74, 6) is -0.158. The highest BCUT2D eigenvalue weighted by atomic mass is 19.4. The van der Waals surface area contributed by atoms with E-state index in [2.05, 4.69) is 4.98 Å². The minimum absolute atomic E-state index is 0.0912. The second kappa shape index (κ2) is 5.09. The molecule has 0 amide bonds. The quantitative estimate of drug-likeness (QED) is 0.856. The molecule has 1 aromatic heterocycles. The molecule has 1 heterocycles. The van der Waals surface area contributed by atoms with Gasteiger partial charge < -0.3 is 10.5 Å². The fraction of sp³-hybridized carbons (Fsp3) is 0.0769. The lowest BCUT2D eigenvalue weighted by molar-refractivity contribution is -0.137. The van der Waals surface area contributed by atoms with Gasteiger partial charge in [0.1, 0.15) is 11.8 Å². The number of nitrogen functional groups attached to an aromatic ring is 1. The van der Waals surface area contributed by atoms with Crippen LogP contribution in [0.3, 0.4) is 0 Å². The highest BCUT2D eigenvalue weighted by Crippen LogP contribution is 2.32. The predicted molar refractivity (Wildman–Crippen MR) is 64.9 cm³/mol. The van der Waals surface area contributed by atoms with E-state index in [1.807, 2.05) is 6.07 Å². The van der Waals surface area contributed by atoms with Gasteiger partial charge in [-0.3, -0.25) is 0 Å². The summed E-state index contributed by atoms with van der Waals surface area (Å²) in [7, 11) is 0. The van der Waals surface area contributed by atoms with Crippen molar-refractivity contribution in [1.82, 2.24) is 4.98 Å². The van der Waals surface area contributed by atoms with Gasteiger partial charge in [0.15, 0.2) is 0 Å². The SMILES string of the molecule is N#Cc1cc(N)ccc1Oc1cc(C(F)(F)F)ccn1. The lowest BCUT2D eigenvalue weighted by Crippen LogP contribution is -2.05. The maximum Gasteiger partial charge on any atom is 0.416 e. The first kappa shape index (κ1) is 13.7. The summed E-state index contributed by atoms with van der Waals surface area (Å²) in [4.78, 5) is 3.68. The van der Waals surface area contributed by atoms with Gasteiger partial charge >= 0.3 is 6.18 Å². The molecule has 2 aromatic rings. The molecule has 20 heavy (non-hydrogen) atoms. The maximum absolute atomic E-state index is 12.6. The molecular formula is C13H8F3N3O. The Balaban J connectivity index is 2.34. The van der Waals surface area contributed by atoms with E-state index in [9.17, 15) is 13.2 Å². The molecule has 0 saturated heterocycles. The van der Waals surface area contributed by atoms with Crippen LogP contribution >= 0.6 is 0 Å². The van der Waals surface area contributed by atoms with Crippen LogP contribution < -0.4 is 10.5 Å². The van der Waals surface area contributed by atoms with Gasteiger partial charge in [0.2, 0.25) is 5.88 Å². The first-order valence-electron chi connectivity index (χ1n) is 5.41. The number of anilines is 1. The van der Waals surface area contributed by atoms with Gasteiger partial charge in [-0.1, -0.05) is 0 Å². The van der Waals surface area contributed by atoms with Crippen molar-refractivity contribution in [2.45, 2.75) is 6.18 Å². The molecule has 0 atom stereocenters. The highest BCUT2D eigenvalue weighted by molar-refractivity contribution is 5.53. The van der Waals surface area contributed by atoms with E-state index in [0.29, 0.717) is 5.69 Å². The molecule has 2 rings (SSSR count). The Labute approximate surface area is 112 Å². The fourth-order valence-electron chi connectivity index (χ4n) is 1.48. The number of hydrogen-bond acceptors (Lipinski definition) is 4. The van der Waals surface area contributed by atoms with E-state index in [4.69, 9.17) is 15.7 Å². The molecule has 0 aliphatic carbocycles. The van der Waals surface area contributed by atoms with Crippen molar-refractivity contribution in [2.24, 2.45) is 0 Å². The van der Waals surface area contributed by atoms with E-state index >= 15 is 0 Å². The van der Waals surface area contributed by atoms with Crippen LogP contribution in [0.25, 0.3) is 0 Å². The Kier molecular flexibility index (Phi) is 3.48. The minimum atomic E-state index is -4.49. The number of pyridine rings is 1. The molecule has 102 valence electrons. The molecule has 0 bridgehead atoms. The Morgan fingerprint density at radius 2 is 1.95 bits per heavy atom. The Morgan fingerprint density at radius 3 is 2.60 bits per heavy atom. The fourth-order valence-corrected chi connectivity index (χ4v) is 1.48. The summed E-state index contributed by atoms with van der Waals surface area (Å²) in [6.45, 7) is 0. The average molecular weight is 279 g/mol. The molecule has 1 aromatic carbocycles. The third kappa shape index (κ3) is 2.98. The minimum Gasteiger partial charge on any atom is -0.438 e. The molecule has 2 N–H and O–H groups in total. The highest BCUT2D eigenvalue weighted by Gasteiger charge is 2.31. The van der Waals surface area contributed by atoms with Crippen molar-refractivity contribution in [1.29, 1.82) is 5.26 Å². The molecule has 0 aliphatic heterocycles. The molecular weight excluding hydrogens is 271 g/mol. The van der Waals surface area contributed by atoms with Gasteiger partial charge in [-0.25, -0.2) is 4.98 Å². The maximum atomic E-state index is 12.6. The topological polar surface area (TPSA) is 71.9 Å². The van der Waals surface area contributed by atoms with E-state index < -0.39 is 11.7 Å². The third-order valence-corrected chi connectivity index (χ3v) is 2.40. The number of nitrogens with two attached hydrogens (primary N) is 1. The van der Waals surface area contributed by atoms with Gasteiger partial charge in [-0.05, 0) is 24.3 Å². The second-order valence-electron chi connectivity index (χ2n) is 3.85. The summed E-state index contributed by atoms with van der Waals surface area (Å²) >= 11 is 0. The molecule has 4 nitrogen and oxygen atoms in total. The molecule has 7 heteroatoms. The average Bonchev–Trinajstić information content (AvgIpc) is 2.40. The molecule has 0 saturated carbocycles. The van der Waals surface area contributed by atoms with Gasteiger partial charge in [0.05, 0.1) is 11.1 Å². The number of benzene rings is 1. The number of aromatic nitrogens is 1. The van der Waals surface area contributed by atoms with Crippen molar-refractivity contribution in [2.75, 3.05) is 5.73 Å². The molecule has 0 aliphatic rings. The summed E-state index contributed by atoms with van der Waals surface area (Å²) in [5, 5.41) is 8.92. The van der Waals surface area contributed by atoms with Crippen molar-refractivity contribution in [3.05, 3.63) is 47.7 Å². The van der Waals surface area contributed by atoms with Crippen molar-refractivity contribution in [3.8, 4) is 17.7 Å². The molecule has 0 unspecified atom stereocenters. The zero-order valence-electron chi connectivity index (χ0n) is 9.98.